The lowest BCUT2D eigenvalue weighted by Crippen LogP contribution is -2.36. The molecule has 0 saturated heterocycles. The molecule has 0 fully saturated rings. The minimum atomic E-state index is -0.203. The lowest BCUT2D eigenvalue weighted by molar-refractivity contribution is -0.135. The van der Waals surface area contributed by atoms with E-state index >= 15 is 0 Å². The van der Waals surface area contributed by atoms with Crippen molar-refractivity contribution in [2.75, 3.05) is 6.54 Å². The maximum absolute atomic E-state index is 12.7. The molecule has 2 aromatic heterocycles. The summed E-state index contributed by atoms with van der Waals surface area (Å²) in [6.07, 6.45) is 7.38. The average molecular weight is 305 g/mol. The van der Waals surface area contributed by atoms with Gasteiger partial charge in [-0.3, -0.25) is 4.79 Å². The van der Waals surface area contributed by atoms with Crippen LogP contribution >= 0.6 is 11.3 Å². The van der Waals surface area contributed by atoms with E-state index in [1.54, 1.807) is 23.9 Å². The molecule has 2 heterocycles. The average Bonchev–Trinajstić information content (AvgIpc) is 3.13. The molecule has 1 amide bonds. The predicted molar refractivity (Wildman–Crippen MR) is 86.3 cm³/mol. The molecule has 2 aromatic rings. The Labute approximate surface area is 130 Å². The second kappa shape index (κ2) is 7.41. The van der Waals surface area contributed by atoms with Crippen LogP contribution in [0.5, 0.6) is 0 Å². The lowest BCUT2D eigenvalue weighted by atomic mass is 10.2. The van der Waals surface area contributed by atoms with E-state index in [-0.39, 0.29) is 11.9 Å². The van der Waals surface area contributed by atoms with Crippen LogP contribution in [0.25, 0.3) is 0 Å². The van der Waals surface area contributed by atoms with E-state index in [0.29, 0.717) is 6.54 Å². The van der Waals surface area contributed by atoms with Crippen LogP contribution in [-0.2, 0) is 11.3 Å². The Morgan fingerprint density at radius 2 is 2.29 bits per heavy atom. The van der Waals surface area contributed by atoms with Gasteiger partial charge in [0.15, 0.2) is 0 Å². The van der Waals surface area contributed by atoms with E-state index in [4.69, 9.17) is 0 Å². The number of thiophene rings is 1. The summed E-state index contributed by atoms with van der Waals surface area (Å²) in [4.78, 5) is 21.3. The first-order chi connectivity index (χ1) is 10.1. The summed E-state index contributed by atoms with van der Waals surface area (Å²) in [6.45, 7) is 7.70. The molecule has 0 unspecified atom stereocenters. The van der Waals surface area contributed by atoms with Gasteiger partial charge in [-0.2, -0.15) is 0 Å². The number of rotatable bonds is 7. The Kier molecular flexibility index (Phi) is 5.56. The van der Waals surface area contributed by atoms with Crippen LogP contribution in [0, 0.1) is 6.92 Å². The number of carbonyl (C=O) groups is 1. The first-order valence-electron chi connectivity index (χ1n) is 7.43. The summed E-state index contributed by atoms with van der Waals surface area (Å²) in [5.74, 6) is 0.160. The van der Waals surface area contributed by atoms with Crippen LogP contribution in [0.4, 0.5) is 0 Å². The maximum Gasteiger partial charge on any atom is 0.245 e. The molecule has 0 saturated carbocycles. The minimum absolute atomic E-state index is 0.160. The molecule has 21 heavy (non-hydrogen) atoms. The van der Waals surface area contributed by atoms with Crippen molar-refractivity contribution in [1.82, 2.24) is 14.5 Å². The first kappa shape index (κ1) is 15.8. The van der Waals surface area contributed by atoms with Gasteiger partial charge in [0, 0.05) is 28.7 Å². The molecule has 114 valence electrons. The van der Waals surface area contributed by atoms with Gasteiger partial charge in [0.05, 0.1) is 12.9 Å². The van der Waals surface area contributed by atoms with Crippen molar-refractivity contribution in [2.24, 2.45) is 0 Å². The van der Waals surface area contributed by atoms with E-state index in [0.717, 1.165) is 19.4 Å². The molecule has 0 aliphatic rings. The highest BCUT2D eigenvalue weighted by Crippen LogP contribution is 2.19. The summed E-state index contributed by atoms with van der Waals surface area (Å²) < 4.78 is 1.86. The van der Waals surface area contributed by atoms with Crippen LogP contribution in [0.15, 0.2) is 30.9 Å². The van der Waals surface area contributed by atoms with Gasteiger partial charge < -0.3 is 9.47 Å². The third-order valence-electron chi connectivity index (χ3n) is 3.57. The van der Waals surface area contributed by atoms with Crippen molar-refractivity contribution in [3.05, 3.63) is 40.6 Å². The number of hydrogen-bond acceptors (Lipinski definition) is 3. The minimum Gasteiger partial charge on any atom is -0.336 e. The molecule has 0 spiro atoms. The zero-order chi connectivity index (χ0) is 15.2. The summed E-state index contributed by atoms with van der Waals surface area (Å²) in [5.41, 5.74) is 0. The standard InChI is InChI=1S/C16H23N3OS/c1-4-5-9-18(11-15-7-6-13(2)21-15)16(20)14(3)19-10-8-17-12-19/h6-8,10,12,14H,4-5,9,11H2,1-3H3/t14-/m0/s1. The molecular formula is C16H23N3OS. The molecule has 1 atom stereocenters. The summed E-state index contributed by atoms with van der Waals surface area (Å²) in [5, 5.41) is 0. The van der Waals surface area contributed by atoms with Gasteiger partial charge in [-0.05, 0) is 32.4 Å². The topological polar surface area (TPSA) is 38.1 Å². The summed E-state index contributed by atoms with van der Waals surface area (Å²) >= 11 is 1.76. The summed E-state index contributed by atoms with van der Waals surface area (Å²) in [7, 11) is 0. The highest BCUT2D eigenvalue weighted by Gasteiger charge is 2.21. The second-order valence-electron chi connectivity index (χ2n) is 5.31. The van der Waals surface area contributed by atoms with Crippen LogP contribution in [0.2, 0.25) is 0 Å². The van der Waals surface area contributed by atoms with E-state index in [2.05, 4.69) is 31.0 Å². The number of imidazole rings is 1. The monoisotopic (exact) mass is 305 g/mol. The highest BCUT2D eigenvalue weighted by molar-refractivity contribution is 7.11. The molecule has 0 aliphatic carbocycles. The Hall–Kier alpha value is -1.62. The molecule has 0 aromatic carbocycles. The van der Waals surface area contributed by atoms with Gasteiger partial charge in [-0.1, -0.05) is 13.3 Å². The number of amides is 1. The van der Waals surface area contributed by atoms with Crippen LogP contribution < -0.4 is 0 Å². The van der Waals surface area contributed by atoms with Crippen LogP contribution in [0.3, 0.4) is 0 Å². The van der Waals surface area contributed by atoms with Crippen LogP contribution in [-0.4, -0.2) is 26.9 Å². The van der Waals surface area contributed by atoms with Crippen molar-refractivity contribution >= 4 is 17.2 Å². The van der Waals surface area contributed by atoms with Gasteiger partial charge in [0.1, 0.15) is 6.04 Å². The quantitative estimate of drug-likeness (QED) is 0.783. The molecule has 5 heteroatoms. The zero-order valence-electron chi connectivity index (χ0n) is 13.0. The number of hydrogen-bond donors (Lipinski definition) is 0. The first-order valence-corrected chi connectivity index (χ1v) is 8.25. The molecule has 2 rings (SSSR count). The van der Waals surface area contributed by atoms with E-state index in [1.165, 1.54) is 9.75 Å². The number of carbonyl (C=O) groups excluding carboxylic acids is 1. The van der Waals surface area contributed by atoms with Gasteiger partial charge in [0.2, 0.25) is 5.91 Å². The van der Waals surface area contributed by atoms with Gasteiger partial charge in [0.25, 0.3) is 0 Å². The lowest BCUT2D eigenvalue weighted by Gasteiger charge is -2.26. The fraction of sp³-hybridized carbons (Fsp3) is 0.500. The number of aryl methyl sites for hydroxylation is 1. The Bertz CT molecular complexity index is 562. The Balaban J connectivity index is 2.09. The smallest absolute Gasteiger partial charge is 0.245 e. The molecular weight excluding hydrogens is 282 g/mol. The number of nitrogens with zero attached hydrogens (tertiary/aromatic N) is 3. The fourth-order valence-electron chi connectivity index (χ4n) is 2.26. The SMILES string of the molecule is CCCCN(Cc1ccc(C)s1)C(=O)[C@H](C)n1ccnc1. The predicted octanol–water partition coefficient (Wildman–Crippen LogP) is 3.64. The fourth-order valence-corrected chi connectivity index (χ4v) is 3.17. The van der Waals surface area contributed by atoms with Gasteiger partial charge in [-0.25, -0.2) is 4.98 Å². The molecule has 0 aliphatic heterocycles. The second-order valence-corrected chi connectivity index (χ2v) is 6.68. The maximum atomic E-state index is 12.7. The van der Waals surface area contributed by atoms with Crippen LogP contribution in [0.1, 0.15) is 42.5 Å². The van der Waals surface area contributed by atoms with Crippen molar-refractivity contribution in [3.63, 3.8) is 0 Å². The van der Waals surface area contributed by atoms with E-state index in [9.17, 15) is 4.79 Å². The molecule has 0 radical (unpaired) electrons. The Morgan fingerprint density at radius 1 is 1.48 bits per heavy atom. The molecule has 4 nitrogen and oxygen atoms in total. The van der Waals surface area contributed by atoms with Gasteiger partial charge in [-0.15, -0.1) is 11.3 Å². The van der Waals surface area contributed by atoms with Crippen molar-refractivity contribution in [1.29, 1.82) is 0 Å². The zero-order valence-corrected chi connectivity index (χ0v) is 13.8. The van der Waals surface area contributed by atoms with Gasteiger partial charge >= 0.3 is 0 Å². The largest absolute Gasteiger partial charge is 0.336 e. The van der Waals surface area contributed by atoms with E-state index < -0.39 is 0 Å². The summed E-state index contributed by atoms with van der Waals surface area (Å²) in [6, 6.07) is 4.03. The van der Waals surface area contributed by atoms with Crippen molar-refractivity contribution < 1.29 is 4.79 Å². The van der Waals surface area contributed by atoms with Crippen molar-refractivity contribution in [3.8, 4) is 0 Å². The third-order valence-corrected chi connectivity index (χ3v) is 4.55. The molecule has 0 bridgehead atoms. The highest BCUT2D eigenvalue weighted by atomic mass is 32.1. The van der Waals surface area contributed by atoms with Crippen molar-refractivity contribution in [2.45, 2.75) is 46.2 Å². The normalized spacial score (nSPS) is 12.3. The van der Waals surface area contributed by atoms with E-state index in [1.807, 2.05) is 22.6 Å². The molecule has 0 N–H and O–H groups in total. The number of unbranched alkanes of at least 4 members (excludes halogenated alkanes) is 1. The number of aromatic nitrogens is 2. The Morgan fingerprint density at radius 3 is 2.86 bits per heavy atom. The third kappa shape index (κ3) is 4.17.